The van der Waals surface area contributed by atoms with Crippen LogP contribution in [0.2, 0.25) is 0 Å². The third-order valence-corrected chi connectivity index (χ3v) is 7.14. The van der Waals surface area contributed by atoms with Crippen molar-refractivity contribution in [3.8, 4) is 0 Å². The first-order valence-electron chi connectivity index (χ1n) is 8.02. The maximum Gasteiger partial charge on any atom is 0.164 e. The molecule has 0 unspecified atom stereocenters. The van der Waals surface area contributed by atoms with E-state index >= 15 is 0 Å². The number of hydrogen-bond donors (Lipinski definition) is 0. The van der Waals surface area contributed by atoms with E-state index in [4.69, 9.17) is 0 Å². The Morgan fingerprint density at radius 1 is 1.12 bits per heavy atom. The van der Waals surface area contributed by atoms with Gasteiger partial charge in [-0.15, -0.1) is 0 Å². The quantitative estimate of drug-likeness (QED) is 0.826. The molecule has 4 nitrogen and oxygen atoms in total. The van der Waals surface area contributed by atoms with Gasteiger partial charge in [0.25, 0.3) is 0 Å². The lowest BCUT2D eigenvalue weighted by Crippen LogP contribution is -2.39. The molecule has 0 amide bonds. The zero-order valence-electron chi connectivity index (χ0n) is 13.4. The number of sulfone groups is 1. The van der Waals surface area contributed by atoms with Gasteiger partial charge >= 0.3 is 0 Å². The smallest absolute Gasteiger partial charge is 0.164 e. The molecule has 2 aromatic rings. The van der Waals surface area contributed by atoms with Crippen LogP contribution in [0.5, 0.6) is 0 Å². The van der Waals surface area contributed by atoms with Crippen molar-refractivity contribution in [2.75, 3.05) is 16.4 Å². The van der Waals surface area contributed by atoms with E-state index in [1.807, 2.05) is 41.3 Å². The van der Waals surface area contributed by atoms with Crippen molar-refractivity contribution in [2.24, 2.45) is 4.99 Å². The van der Waals surface area contributed by atoms with Gasteiger partial charge in [-0.05, 0) is 29.8 Å². The highest BCUT2D eigenvalue weighted by Gasteiger charge is 2.47. The van der Waals surface area contributed by atoms with Crippen molar-refractivity contribution in [3.63, 3.8) is 0 Å². The molecule has 130 valence electrons. The molecule has 0 spiro atoms. The van der Waals surface area contributed by atoms with Crippen molar-refractivity contribution in [3.05, 3.63) is 66.0 Å². The summed E-state index contributed by atoms with van der Waals surface area (Å²) in [7, 11) is -3.05. The highest BCUT2D eigenvalue weighted by Crippen LogP contribution is 2.35. The first-order chi connectivity index (χ1) is 12.0. The molecule has 2 heterocycles. The monoisotopic (exact) mass is 376 g/mol. The van der Waals surface area contributed by atoms with E-state index in [9.17, 15) is 12.8 Å². The number of halogens is 1. The number of benzene rings is 2. The molecule has 1 saturated heterocycles. The van der Waals surface area contributed by atoms with Gasteiger partial charge in [0.05, 0.1) is 23.6 Å². The van der Waals surface area contributed by atoms with Crippen LogP contribution in [0, 0.1) is 5.82 Å². The van der Waals surface area contributed by atoms with E-state index in [0.29, 0.717) is 5.75 Å². The molecule has 7 heteroatoms. The number of rotatable bonds is 3. The summed E-state index contributed by atoms with van der Waals surface area (Å²) in [5.41, 5.74) is 1.82. The lowest BCUT2D eigenvalue weighted by Gasteiger charge is -2.26. The van der Waals surface area contributed by atoms with Crippen LogP contribution in [-0.4, -0.2) is 37.2 Å². The molecule has 0 N–H and O–H groups in total. The summed E-state index contributed by atoms with van der Waals surface area (Å²) in [6, 6.07) is 15.9. The van der Waals surface area contributed by atoms with Crippen LogP contribution in [0.3, 0.4) is 0 Å². The molecule has 0 aliphatic carbocycles. The van der Waals surface area contributed by atoms with E-state index in [-0.39, 0.29) is 29.4 Å². The fourth-order valence-electron chi connectivity index (χ4n) is 3.30. The number of nitrogens with zero attached hydrogens (tertiary/aromatic N) is 2. The predicted octanol–water partition coefficient (Wildman–Crippen LogP) is 3.10. The fraction of sp³-hybridized carbons (Fsp3) is 0.278. The summed E-state index contributed by atoms with van der Waals surface area (Å²) in [5, 5.41) is 0.806. The van der Waals surface area contributed by atoms with Gasteiger partial charge < -0.3 is 4.90 Å². The van der Waals surface area contributed by atoms with Gasteiger partial charge in [0, 0.05) is 11.4 Å². The third-order valence-electron chi connectivity index (χ3n) is 4.40. The molecule has 0 aromatic heterocycles. The number of thioether (sulfide) groups is 1. The van der Waals surface area contributed by atoms with E-state index in [1.165, 1.54) is 23.9 Å². The van der Waals surface area contributed by atoms with E-state index in [0.717, 1.165) is 16.4 Å². The number of amidine groups is 1. The lowest BCUT2D eigenvalue weighted by molar-refractivity contribution is 0.601. The van der Waals surface area contributed by atoms with E-state index in [2.05, 4.69) is 4.99 Å². The highest BCUT2D eigenvalue weighted by atomic mass is 32.2. The first-order valence-corrected chi connectivity index (χ1v) is 10.8. The van der Waals surface area contributed by atoms with Gasteiger partial charge in [0.15, 0.2) is 15.0 Å². The summed E-state index contributed by atoms with van der Waals surface area (Å²) in [4.78, 5) is 6.70. The Labute approximate surface area is 150 Å². The number of aliphatic imine (C=N–C) groups is 1. The SMILES string of the molecule is O=S1(=O)C[C@@H]2N=C(SCc3cccc(F)c3)N(c3ccccc3)[C@H]2C1. The third kappa shape index (κ3) is 3.43. The van der Waals surface area contributed by atoms with Crippen molar-refractivity contribution in [1.82, 2.24) is 0 Å². The van der Waals surface area contributed by atoms with Gasteiger partial charge in [-0.25, -0.2) is 12.8 Å². The van der Waals surface area contributed by atoms with Crippen LogP contribution in [0.25, 0.3) is 0 Å². The summed E-state index contributed by atoms with van der Waals surface area (Å²) in [6.07, 6.45) is 0. The Balaban J connectivity index is 1.60. The number of anilines is 1. The second-order valence-electron chi connectivity index (χ2n) is 6.25. The fourth-order valence-corrected chi connectivity index (χ4v) is 6.21. The van der Waals surface area contributed by atoms with Crippen LogP contribution < -0.4 is 4.90 Å². The standard InChI is InChI=1S/C18H17FN2O2S2/c19-14-6-4-5-13(9-14)10-24-18-20-16-11-25(22,23)12-17(16)21(18)15-7-2-1-3-8-15/h1-9,16-17H,10-12H2/t16-,17-/m0/s1. The highest BCUT2D eigenvalue weighted by molar-refractivity contribution is 8.13. The Morgan fingerprint density at radius 2 is 1.92 bits per heavy atom. The van der Waals surface area contributed by atoms with Gasteiger partial charge in [0.1, 0.15) is 5.82 Å². The molecule has 2 aromatic carbocycles. The summed E-state index contributed by atoms with van der Waals surface area (Å²) in [5.74, 6) is 0.561. The molecule has 0 saturated carbocycles. The van der Waals surface area contributed by atoms with Crippen LogP contribution in [0.1, 0.15) is 5.56 Å². The minimum atomic E-state index is -3.05. The second kappa shape index (κ2) is 6.46. The first kappa shape index (κ1) is 16.6. The summed E-state index contributed by atoms with van der Waals surface area (Å²) < 4.78 is 37.4. The molecular weight excluding hydrogens is 359 g/mol. The zero-order valence-corrected chi connectivity index (χ0v) is 15.0. The summed E-state index contributed by atoms with van der Waals surface area (Å²) in [6.45, 7) is 0. The van der Waals surface area contributed by atoms with Gasteiger partial charge in [-0.2, -0.15) is 0 Å². The molecule has 25 heavy (non-hydrogen) atoms. The average Bonchev–Trinajstić information content (AvgIpc) is 3.05. The van der Waals surface area contributed by atoms with E-state index in [1.54, 1.807) is 6.07 Å². The normalized spacial score (nSPS) is 24.2. The molecule has 2 aliphatic rings. The summed E-state index contributed by atoms with van der Waals surface area (Å²) >= 11 is 1.52. The van der Waals surface area contributed by atoms with Crippen molar-refractivity contribution >= 4 is 32.5 Å². The molecule has 0 radical (unpaired) electrons. The molecule has 1 fully saturated rings. The van der Waals surface area contributed by atoms with Gasteiger partial charge in [-0.1, -0.05) is 42.1 Å². The maximum absolute atomic E-state index is 13.4. The lowest BCUT2D eigenvalue weighted by atomic mass is 10.1. The van der Waals surface area contributed by atoms with Crippen LogP contribution in [0.15, 0.2) is 59.6 Å². The Hall–Kier alpha value is -1.86. The molecule has 2 atom stereocenters. The Bertz CT molecular complexity index is 916. The van der Waals surface area contributed by atoms with E-state index < -0.39 is 9.84 Å². The Morgan fingerprint density at radius 3 is 2.68 bits per heavy atom. The minimum absolute atomic E-state index is 0.102. The van der Waals surface area contributed by atoms with Gasteiger partial charge in [0.2, 0.25) is 0 Å². The molecular formula is C18H17FN2O2S2. The van der Waals surface area contributed by atoms with Crippen molar-refractivity contribution < 1.29 is 12.8 Å². The van der Waals surface area contributed by atoms with Crippen molar-refractivity contribution in [1.29, 1.82) is 0 Å². The van der Waals surface area contributed by atoms with Gasteiger partial charge in [-0.3, -0.25) is 4.99 Å². The number of hydrogen-bond acceptors (Lipinski definition) is 5. The zero-order chi connectivity index (χ0) is 17.4. The largest absolute Gasteiger partial charge is 0.315 e. The average molecular weight is 376 g/mol. The Kier molecular flexibility index (Phi) is 4.29. The molecule has 2 aliphatic heterocycles. The number of para-hydroxylation sites is 1. The second-order valence-corrected chi connectivity index (χ2v) is 9.34. The minimum Gasteiger partial charge on any atom is -0.315 e. The van der Waals surface area contributed by atoms with Crippen molar-refractivity contribution in [2.45, 2.75) is 17.8 Å². The van der Waals surface area contributed by atoms with Crippen LogP contribution in [0.4, 0.5) is 10.1 Å². The number of fused-ring (bicyclic) bond motifs is 1. The van der Waals surface area contributed by atoms with Crippen LogP contribution in [-0.2, 0) is 15.6 Å². The van der Waals surface area contributed by atoms with Crippen LogP contribution >= 0.6 is 11.8 Å². The predicted molar refractivity (Wildman–Crippen MR) is 100 cm³/mol. The molecule has 4 rings (SSSR count). The topological polar surface area (TPSA) is 49.7 Å². The maximum atomic E-state index is 13.4. The molecule has 0 bridgehead atoms.